The smallest absolute Gasteiger partial charge is 0.272 e. The van der Waals surface area contributed by atoms with Crippen molar-refractivity contribution in [3.05, 3.63) is 61.6 Å². The van der Waals surface area contributed by atoms with Crippen molar-refractivity contribution in [2.24, 2.45) is 5.10 Å². The molecule has 0 radical (unpaired) electrons. The molecule has 6 heteroatoms. The lowest BCUT2D eigenvalue weighted by Gasteiger charge is -2.07. The van der Waals surface area contributed by atoms with Gasteiger partial charge in [-0.3, -0.25) is 4.79 Å². The molecule has 0 fully saturated rings. The molecule has 4 nitrogen and oxygen atoms in total. The SMILES string of the molecule is C#CCOc1ccc(Br)cc1/C=N/NC(=O)c1ccccc1I. The largest absolute Gasteiger partial charge is 0.480 e. The van der Waals surface area contributed by atoms with Crippen molar-refractivity contribution in [1.29, 1.82) is 0 Å². The van der Waals surface area contributed by atoms with Gasteiger partial charge < -0.3 is 4.74 Å². The number of ether oxygens (including phenoxy) is 1. The minimum absolute atomic E-state index is 0.164. The van der Waals surface area contributed by atoms with Crippen LogP contribution in [0, 0.1) is 15.9 Å². The summed E-state index contributed by atoms with van der Waals surface area (Å²) < 4.78 is 7.17. The maximum atomic E-state index is 12.1. The molecule has 0 atom stereocenters. The number of terminal acetylenes is 1. The van der Waals surface area contributed by atoms with Crippen LogP contribution in [0.2, 0.25) is 0 Å². The van der Waals surface area contributed by atoms with Gasteiger partial charge in [-0.25, -0.2) is 5.43 Å². The molecule has 2 aromatic carbocycles. The monoisotopic (exact) mass is 482 g/mol. The molecule has 116 valence electrons. The van der Waals surface area contributed by atoms with Crippen molar-refractivity contribution in [2.45, 2.75) is 0 Å². The predicted molar refractivity (Wildman–Crippen MR) is 103 cm³/mol. The molecule has 1 N–H and O–H groups in total. The summed E-state index contributed by atoms with van der Waals surface area (Å²) >= 11 is 5.49. The molecular formula is C17H12BrIN2O2. The number of benzene rings is 2. The molecule has 0 aliphatic carbocycles. The Morgan fingerprint density at radius 3 is 2.91 bits per heavy atom. The van der Waals surface area contributed by atoms with E-state index < -0.39 is 0 Å². The minimum Gasteiger partial charge on any atom is -0.480 e. The summed E-state index contributed by atoms with van der Waals surface area (Å²) in [5.41, 5.74) is 3.78. The zero-order chi connectivity index (χ0) is 16.7. The van der Waals surface area contributed by atoms with Crippen LogP contribution in [0.15, 0.2) is 52.0 Å². The minimum atomic E-state index is -0.271. The van der Waals surface area contributed by atoms with Gasteiger partial charge in [0.25, 0.3) is 5.91 Å². The van der Waals surface area contributed by atoms with Gasteiger partial charge in [0, 0.05) is 13.6 Å². The van der Waals surface area contributed by atoms with Gasteiger partial charge in [-0.15, -0.1) is 6.42 Å². The Labute approximate surface area is 156 Å². The molecule has 1 amide bonds. The van der Waals surface area contributed by atoms with E-state index in [2.05, 4.69) is 55.0 Å². The fraction of sp³-hybridized carbons (Fsp3) is 0.0588. The lowest BCUT2D eigenvalue weighted by molar-refractivity contribution is 0.0954. The van der Waals surface area contributed by atoms with Crippen LogP contribution in [-0.4, -0.2) is 18.7 Å². The number of rotatable bonds is 5. The van der Waals surface area contributed by atoms with E-state index in [1.165, 1.54) is 6.21 Å². The second-order valence-electron chi connectivity index (χ2n) is 4.35. The summed E-state index contributed by atoms with van der Waals surface area (Å²) in [5, 5.41) is 3.99. The van der Waals surface area contributed by atoms with Crippen LogP contribution in [0.5, 0.6) is 5.75 Å². The Morgan fingerprint density at radius 2 is 2.17 bits per heavy atom. The molecule has 2 rings (SSSR count). The highest BCUT2D eigenvalue weighted by Gasteiger charge is 2.08. The molecule has 2 aromatic rings. The molecule has 0 saturated carbocycles. The van der Waals surface area contributed by atoms with Gasteiger partial charge in [0.1, 0.15) is 12.4 Å². The van der Waals surface area contributed by atoms with E-state index in [1.54, 1.807) is 18.2 Å². The number of hydrogen-bond acceptors (Lipinski definition) is 3. The number of hydrogen-bond donors (Lipinski definition) is 1. The maximum Gasteiger partial charge on any atom is 0.272 e. The summed E-state index contributed by atoms with van der Waals surface area (Å²) in [6.07, 6.45) is 6.72. The van der Waals surface area contributed by atoms with Gasteiger partial charge in [0.05, 0.1) is 11.8 Å². The Bertz CT molecular complexity index is 784. The highest BCUT2D eigenvalue weighted by molar-refractivity contribution is 14.1. The highest BCUT2D eigenvalue weighted by atomic mass is 127. The van der Waals surface area contributed by atoms with Gasteiger partial charge >= 0.3 is 0 Å². The fourth-order valence-electron chi connectivity index (χ4n) is 1.74. The third kappa shape index (κ3) is 5.08. The lowest BCUT2D eigenvalue weighted by atomic mass is 10.2. The molecule has 0 aliphatic rings. The summed E-state index contributed by atoms with van der Waals surface area (Å²) in [7, 11) is 0. The summed E-state index contributed by atoms with van der Waals surface area (Å²) in [4.78, 5) is 12.1. The van der Waals surface area contributed by atoms with Crippen molar-refractivity contribution >= 4 is 50.6 Å². The molecule has 0 bridgehead atoms. The number of hydrazone groups is 1. The lowest BCUT2D eigenvalue weighted by Crippen LogP contribution is -2.18. The first-order valence-corrected chi connectivity index (χ1v) is 8.42. The average Bonchev–Trinajstić information content (AvgIpc) is 2.54. The normalized spacial score (nSPS) is 10.3. The molecule has 0 aromatic heterocycles. The third-order valence-corrected chi connectivity index (χ3v) is 4.20. The number of carbonyl (C=O) groups excluding carboxylic acids is 1. The summed E-state index contributed by atoms with van der Waals surface area (Å²) in [6, 6.07) is 12.7. The number of halogens is 2. The Balaban J connectivity index is 2.11. The topological polar surface area (TPSA) is 50.7 Å². The van der Waals surface area contributed by atoms with Crippen molar-refractivity contribution < 1.29 is 9.53 Å². The van der Waals surface area contributed by atoms with Gasteiger partial charge in [-0.05, 0) is 52.9 Å². The quantitative estimate of drug-likeness (QED) is 0.305. The first kappa shape index (κ1) is 17.5. The van der Waals surface area contributed by atoms with E-state index >= 15 is 0 Å². The van der Waals surface area contributed by atoms with Crippen LogP contribution < -0.4 is 10.2 Å². The second-order valence-corrected chi connectivity index (χ2v) is 6.43. The fourth-order valence-corrected chi connectivity index (χ4v) is 2.75. The van der Waals surface area contributed by atoms with Crippen LogP contribution in [0.25, 0.3) is 0 Å². The van der Waals surface area contributed by atoms with E-state index in [0.717, 1.165) is 8.04 Å². The van der Waals surface area contributed by atoms with Gasteiger partial charge in [0.2, 0.25) is 0 Å². The molecule has 0 spiro atoms. The van der Waals surface area contributed by atoms with E-state index in [-0.39, 0.29) is 12.5 Å². The molecule has 0 saturated heterocycles. The standard InChI is InChI=1S/C17H12BrIN2O2/c1-2-9-23-16-8-7-13(18)10-12(16)11-20-21-17(22)14-5-3-4-6-15(14)19/h1,3-8,10-11H,9H2,(H,21,22)/b20-11+. The Hall–Kier alpha value is -1.85. The Morgan fingerprint density at radius 1 is 1.39 bits per heavy atom. The molecule has 23 heavy (non-hydrogen) atoms. The number of nitrogens with one attached hydrogen (secondary N) is 1. The number of amides is 1. The number of nitrogens with zero attached hydrogens (tertiary/aromatic N) is 1. The molecule has 0 heterocycles. The molecule has 0 unspecified atom stereocenters. The molecular weight excluding hydrogens is 471 g/mol. The van der Waals surface area contributed by atoms with Crippen molar-refractivity contribution in [1.82, 2.24) is 5.43 Å². The van der Waals surface area contributed by atoms with Crippen molar-refractivity contribution in [2.75, 3.05) is 6.61 Å². The van der Waals surface area contributed by atoms with E-state index in [9.17, 15) is 4.79 Å². The first-order valence-electron chi connectivity index (χ1n) is 6.55. The third-order valence-electron chi connectivity index (χ3n) is 2.77. The Kier molecular flexibility index (Phi) is 6.62. The predicted octanol–water partition coefficient (Wildman–Crippen LogP) is 3.83. The highest BCUT2D eigenvalue weighted by Crippen LogP contribution is 2.21. The van der Waals surface area contributed by atoms with E-state index in [4.69, 9.17) is 11.2 Å². The molecule has 0 aliphatic heterocycles. The summed E-state index contributed by atoms with van der Waals surface area (Å²) in [6.45, 7) is 0.164. The van der Waals surface area contributed by atoms with Crippen LogP contribution >= 0.6 is 38.5 Å². The van der Waals surface area contributed by atoms with E-state index in [0.29, 0.717) is 16.9 Å². The zero-order valence-electron chi connectivity index (χ0n) is 11.9. The van der Waals surface area contributed by atoms with Crippen LogP contribution in [0.3, 0.4) is 0 Å². The van der Waals surface area contributed by atoms with Crippen LogP contribution in [0.1, 0.15) is 15.9 Å². The van der Waals surface area contributed by atoms with Crippen molar-refractivity contribution in [3.8, 4) is 18.1 Å². The van der Waals surface area contributed by atoms with Gasteiger partial charge in [-0.1, -0.05) is 34.0 Å². The maximum absolute atomic E-state index is 12.1. The van der Waals surface area contributed by atoms with Crippen LogP contribution in [0.4, 0.5) is 0 Å². The van der Waals surface area contributed by atoms with Gasteiger partial charge in [-0.2, -0.15) is 5.10 Å². The second kappa shape index (κ2) is 8.70. The number of carbonyl (C=O) groups is 1. The average molecular weight is 483 g/mol. The first-order chi connectivity index (χ1) is 11.1. The zero-order valence-corrected chi connectivity index (χ0v) is 15.7. The van der Waals surface area contributed by atoms with Crippen LogP contribution in [-0.2, 0) is 0 Å². The van der Waals surface area contributed by atoms with Crippen molar-refractivity contribution in [3.63, 3.8) is 0 Å². The summed E-state index contributed by atoms with van der Waals surface area (Å²) in [5.74, 6) is 2.74. The van der Waals surface area contributed by atoms with Gasteiger partial charge in [0.15, 0.2) is 0 Å². The van der Waals surface area contributed by atoms with E-state index in [1.807, 2.05) is 24.3 Å².